The molecule has 24 heavy (non-hydrogen) atoms. The van der Waals surface area contributed by atoms with Crippen molar-refractivity contribution in [3.63, 3.8) is 0 Å². The van der Waals surface area contributed by atoms with Crippen LogP contribution in [0, 0.1) is 5.41 Å². The first kappa shape index (κ1) is 16.1. The van der Waals surface area contributed by atoms with E-state index < -0.39 is 10.0 Å². The lowest BCUT2D eigenvalue weighted by Gasteiger charge is -2.21. The van der Waals surface area contributed by atoms with Crippen molar-refractivity contribution >= 4 is 20.8 Å². The van der Waals surface area contributed by atoms with Crippen LogP contribution >= 0.6 is 0 Å². The molecule has 0 bridgehead atoms. The Morgan fingerprint density at radius 3 is 2.58 bits per heavy atom. The largest absolute Gasteiger partial charge is 0.214 e. The highest BCUT2D eigenvalue weighted by molar-refractivity contribution is 7.89. The van der Waals surface area contributed by atoms with Gasteiger partial charge in [0.05, 0.1) is 5.75 Å². The van der Waals surface area contributed by atoms with Crippen molar-refractivity contribution in [1.82, 2.24) is 4.31 Å². The number of sulfonamides is 1. The molecule has 128 valence electrons. The summed E-state index contributed by atoms with van der Waals surface area (Å²) < 4.78 is 26.8. The van der Waals surface area contributed by atoms with Crippen LogP contribution in [0.2, 0.25) is 0 Å². The van der Waals surface area contributed by atoms with Gasteiger partial charge in [-0.15, -0.1) is 0 Å². The van der Waals surface area contributed by atoms with E-state index in [1.165, 1.54) is 29.2 Å². The average molecular weight is 343 g/mol. The molecule has 3 nitrogen and oxygen atoms in total. The van der Waals surface area contributed by atoms with Crippen LogP contribution in [0.5, 0.6) is 0 Å². The molecule has 1 saturated heterocycles. The van der Waals surface area contributed by atoms with Crippen LogP contribution in [0.15, 0.2) is 42.5 Å². The number of aryl methyl sites for hydroxylation is 1. The van der Waals surface area contributed by atoms with Crippen molar-refractivity contribution in [1.29, 1.82) is 0 Å². The molecule has 4 heteroatoms. The van der Waals surface area contributed by atoms with Crippen LogP contribution in [-0.2, 0) is 16.4 Å². The molecule has 0 atom stereocenters. The third-order valence-corrected chi connectivity index (χ3v) is 7.87. The predicted molar refractivity (Wildman–Crippen MR) is 98.5 cm³/mol. The highest BCUT2D eigenvalue weighted by Gasteiger charge is 2.48. The van der Waals surface area contributed by atoms with Gasteiger partial charge in [-0.1, -0.05) is 55.3 Å². The van der Waals surface area contributed by atoms with Gasteiger partial charge in [0.2, 0.25) is 10.0 Å². The molecule has 2 aromatic carbocycles. The van der Waals surface area contributed by atoms with E-state index in [-0.39, 0.29) is 5.41 Å². The van der Waals surface area contributed by atoms with E-state index in [0.29, 0.717) is 12.3 Å². The molecule has 0 unspecified atom stereocenters. The monoisotopic (exact) mass is 343 g/mol. The number of hydrogen-bond acceptors (Lipinski definition) is 2. The number of fused-ring (bicyclic) bond motifs is 1. The van der Waals surface area contributed by atoms with Crippen molar-refractivity contribution in [3.8, 4) is 0 Å². The minimum atomic E-state index is -3.04. The Bertz CT molecular complexity index is 832. The van der Waals surface area contributed by atoms with Crippen molar-refractivity contribution in [2.75, 3.05) is 18.8 Å². The first-order valence-electron chi connectivity index (χ1n) is 9.03. The van der Waals surface area contributed by atoms with Crippen LogP contribution in [0.25, 0.3) is 10.8 Å². The van der Waals surface area contributed by atoms with Gasteiger partial charge >= 0.3 is 0 Å². The second kappa shape index (κ2) is 6.16. The minimum Gasteiger partial charge on any atom is -0.212 e. The maximum absolute atomic E-state index is 12.5. The molecular weight excluding hydrogens is 318 g/mol. The first-order valence-corrected chi connectivity index (χ1v) is 10.6. The number of nitrogens with zero attached hydrogens (tertiary/aromatic N) is 1. The standard InChI is InChI=1S/C20H25NO2S/c22-24(23)16-20(12-3-4-13-20)15-21(24)14-6-10-18-9-5-8-17-7-1-2-11-19(17)18/h1-2,5,7-9,11H,3-4,6,10,12-16H2. The summed E-state index contributed by atoms with van der Waals surface area (Å²) in [7, 11) is -3.04. The Morgan fingerprint density at radius 1 is 1.00 bits per heavy atom. The topological polar surface area (TPSA) is 37.4 Å². The number of hydrogen-bond donors (Lipinski definition) is 0. The second-order valence-electron chi connectivity index (χ2n) is 7.54. The summed E-state index contributed by atoms with van der Waals surface area (Å²) in [5, 5.41) is 2.55. The fourth-order valence-electron chi connectivity index (χ4n) is 4.60. The molecule has 0 radical (unpaired) electrons. The van der Waals surface area contributed by atoms with E-state index in [4.69, 9.17) is 0 Å². The van der Waals surface area contributed by atoms with Gasteiger partial charge in [-0.25, -0.2) is 12.7 Å². The van der Waals surface area contributed by atoms with Crippen LogP contribution in [-0.4, -0.2) is 31.6 Å². The van der Waals surface area contributed by atoms with E-state index in [1.807, 2.05) is 0 Å². The summed E-state index contributed by atoms with van der Waals surface area (Å²) in [6.45, 7) is 1.41. The zero-order chi connectivity index (χ0) is 16.6. The predicted octanol–water partition coefficient (Wildman–Crippen LogP) is 3.98. The summed E-state index contributed by atoms with van der Waals surface area (Å²) in [6, 6.07) is 14.8. The molecule has 1 saturated carbocycles. The fraction of sp³-hybridized carbons (Fsp3) is 0.500. The molecule has 0 aromatic heterocycles. The Morgan fingerprint density at radius 2 is 1.75 bits per heavy atom. The summed E-state index contributed by atoms with van der Waals surface area (Å²) in [4.78, 5) is 0. The Balaban J connectivity index is 1.44. The maximum atomic E-state index is 12.5. The second-order valence-corrected chi connectivity index (χ2v) is 9.51. The summed E-state index contributed by atoms with van der Waals surface area (Å²) in [6.07, 6.45) is 6.39. The molecule has 4 rings (SSSR count). The van der Waals surface area contributed by atoms with Crippen LogP contribution in [0.4, 0.5) is 0 Å². The van der Waals surface area contributed by atoms with Gasteiger partial charge in [0.25, 0.3) is 0 Å². The van der Waals surface area contributed by atoms with E-state index in [0.717, 1.165) is 32.2 Å². The van der Waals surface area contributed by atoms with Crippen molar-refractivity contribution in [2.24, 2.45) is 5.41 Å². The quantitative estimate of drug-likeness (QED) is 0.842. The zero-order valence-electron chi connectivity index (χ0n) is 14.1. The van der Waals surface area contributed by atoms with E-state index in [9.17, 15) is 8.42 Å². The smallest absolute Gasteiger partial charge is 0.212 e. The van der Waals surface area contributed by atoms with Crippen LogP contribution in [0.1, 0.15) is 37.7 Å². The Labute approximate surface area is 144 Å². The molecule has 1 aliphatic heterocycles. The first-order chi connectivity index (χ1) is 11.6. The van der Waals surface area contributed by atoms with Crippen molar-refractivity contribution in [3.05, 3.63) is 48.0 Å². The van der Waals surface area contributed by atoms with E-state index >= 15 is 0 Å². The molecule has 2 aromatic rings. The molecule has 2 fully saturated rings. The lowest BCUT2D eigenvalue weighted by atomic mass is 9.89. The summed E-state index contributed by atoms with van der Waals surface area (Å²) in [5.74, 6) is 0.383. The van der Waals surface area contributed by atoms with Gasteiger partial charge < -0.3 is 0 Å². The molecule has 2 aliphatic rings. The third-order valence-electron chi connectivity index (χ3n) is 5.79. The Kier molecular flexibility index (Phi) is 4.13. The molecule has 1 spiro atoms. The molecule has 0 amide bonds. The van der Waals surface area contributed by atoms with Crippen LogP contribution < -0.4 is 0 Å². The molecular formula is C20H25NO2S. The molecule has 1 heterocycles. The van der Waals surface area contributed by atoms with E-state index in [2.05, 4.69) is 42.5 Å². The summed E-state index contributed by atoms with van der Waals surface area (Å²) >= 11 is 0. The van der Waals surface area contributed by atoms with Gasteiger partial charge in [0, 0.05) is 13.1 Å². The van der Waals surface area contributed by atoms with Gasteiger partial charge in [-0.3, -0.25) is 0 Å². The fourth-order valence-corrected chi connectivity index (χ4v) is 6.81. The van der Waals surface area contributed by atoms with Gasteiger partial charge in [0.15, 0.2) is 0 Å². The number of benzene rings is 2. The highest BCUT2D eigenvalue weighted by atomic mass is 32.2. The van der Waals surface area contributed by atoms with Crippen LogP contribution in [0.3, 0.4) is 0 Å². The zero-order valence-corrected chi connectivity index (χ0v) is 14.9. The molecule has 0 N–H and O–H groups in total. The van der Waals surface area contributed by atoms with Crippen molar-refractivity contribution < 1.29 is 8.42 Å². The maximum Gasteiger partial charge on any atom is 0.214 e. The number of rotatable bonds is 4. The third kappa shape index (κ3) is 2.98. The van der Waals surface area contributed by atoms with Gasteiger partial charge in [-0.05, 0) is 47.4 Å². The Hall–Kier alpha value is -1.39. The molecule has 1 aliphatic carbocycles. The van der Waals surface area contributed by atoms with Gasteiger partial charge in [-0.2, -0.15) is 0 Å². The highest BCUT2D eigenvalue weighted by Crippen LogP contribution is 2.44. The van der Waals surface area contributed by atoms with Gasteiger partial charge in [0.1, 0.15) is 0 Å². The SMILES string of the molecule is O=S1(=O)CC2(CCCC2)CN1CCCc1cccc2ccccc12. The lowest BCUT2D eigenvalue weighted by Crippen LogP contribution is -2.28. The minimum absolute atomic E-state index is 0.0677. The average Bonchev–Trinajstić information content (AvgIpc) is 3.11. The lowest BCUT2D eigenvalue weighted by molar-refractivity contribution is 0.286. The van der Waals surface area contributed by atoms with E-state index in [1.54, 1.807) is 4.31 Å². The van der Waals surface area contributed by atoms with Crippen molar-refractivity contribution in [2.45, 2.75) is 38.5 Å². The summed E-state index contributed by atoms with van der Waals surface area (Å²) in [5.41, 5.74) is 1.39. The normalized spacial score (nSPS) is 22.5.